The summed E-state index contributed by atoms with van der Waals surface area (Å²) in [6, 6.07) is 19.6. The van der Waals surface area contributed by atoms with E-state index in [9.17, 15) is 19.3 Å². The number of para-hydroxylation sites is 1. The van der Waals surface area contributed by atoms with Crippen molar-refractivity contribution in [3.8, 4) is 5.75 Å². The highest BCUT2D eigenvalue weighted by Gasteiger charge is 2.31. The smallest absolute Gasteiger partial charge is 0.269 e. The molecule has 0 aromatic heterocycles. The number of hydrogen-bond donors (Lipinski definition) is 0. The fraction of sp³-hybridized carbons (Fsp3) is 0.269. The average Bonchev–Trinajstić information content (AvgIpc) is 2.86. The minimum atomic E-state index is -0.405. The molecule has 0 atom stereocenters. The van der Waals surface area contributed by atoms with Crippen molar-refractivity contribution >= 4 is 17.3 Å². The molecule has 4 rings (SSSR count). The average molecular weight is 464 g/mol. The third-order valence-electron chi connectivity index (χ3n) is 6.14. The molecule has 0 radical (unpaired) electrons. The molecule has 1 aliphatic rings. The van der Waals surface area contributed by atoms with Crippen LogP contribution in [-0.2, 0) is 6.54 Å². The third-order valence-corrected chi connectivity index (χ3v) is 6.14. The van der Waals surface area contributed by atoms with Crippen LogP contribution in [0.3, 0.4) is 0 Å². The maximum Gasteiger partial charge on any atom is 0.269 e. The number of nitro benzene ring substituents is 1. The van der Waals surface area contributed by atoms with Gasteiger partial charge in [-0.3, -0.25) is 19.8 Å². The van der Waals surface area contributed by atoms with Gasteiger partial charge in [-0.2, -0.15) is 0 Å². The normalized spacial score (nSPS) is 14.5. The van der Waals surface area contributed by atoms with E-state index < -0.39 is 4.92 Å². The molecule has 0 N–H and O–H groups in total. The van der Waals surface area contributed by atoms with Gasteiger partial charge in [-0.1, -0.05) is 24.3 Å². The van der Waals surface area contributed by atoms with Gasteiger partial charge in [-0.25, -0.2) is 4.39 Å². The number of hydrogen-bond acceptors (Lipinski definition) is 5. The quantitative estimate of drug-likeness (QED) is 0.362. The van der Waals surface area contributed by atoms with E-state index >= 15 is 0 Å². The Morgan fingerprint density at radius 3 is 2.32 bits per heavy atom. The summed E-state index contributed by atoms with van der Waals surface area (Å²) in [6.45, 7) is 2.21. The minimum absolute atomic E-state index is 0.0593. The van der Waals surface area contributed by atoms with Crippen molar-refractivity contribution in [2.45, 2.75) is 25.4 Å². The van der Waals surface area contributed by atoms with Gasteiger partial charge >= 0.3 is 0 Å². The second-order valence-corrected chi connectivity index (χ2v) is 8.28. The Hall–Kier alpha value is -3.78. The lowest BCUT2D eigenvalue weighted by molar-refractivity contribution is -0.384. The Bertz CT molecular complexity index is 1140. The first-order valence-corrected chi connectivity index (χ1v) is 11.1. The summed E-state index contributed by atoms with van der Waals surface area (Å²) in [5.41, 5.74) is 2.19. The van der Waals surface area contributed by atoms with E-state index in [1.807, 2.05) is 6.07 Å². The van der Waals surface area contributed by atoms with Gasteiger partial charge in [0.15, 0.2) is 0 Å². The molecule has 34 heavy (non-hydrogen) atoms. The van der Waals surface area contributed by atoms with Gasteiger partial charge in [0.2, 0.25) is 0 Å². The molecule has 1 amide bonds. The van der Waals surface area contributed by atoms with Crippen LogP contribution in [0.2, 0.25) is 0 Å². The number of non-ortho nitro benzene ring substituents is 1. The molecule has 0 saturated carbocycles. The molecular formula is C26H26FN3O4. The van der Waals surface area contributed by atoms with Crippen molar-refractivity contribution in [3.63, 3.8) is 0 Å². The number of anilines is 1. The van der Waals surface area contributed by atoms with Crippen LogP contribution in [0.25, 0.3) is 0 Å². The molecule has 7 nitrogen and oxygen atoms in total. The molecule has 8 heteroatoms. The van der Waals surface area contributed by atoms with E-state index in [-0.39, 0.29) is 23.5 Å². The van der Waals surface area contributed by atoms with Crippen molar-refractivity contribution < 1.29 is 18.8 Å². The Morgan fingerprint density at radius 2 is 1.71 bits per heavy atom. The van der Waals surface area contributed by atoms with Gasteiger partial charge in [0.25, 0.3) is 11.6 Å². The Kier molecular flexibility index (Phi) is 7.18. The predicted molar refractivity (Wildman–Crippen MR) is 128 cm³/mol. The van der Waals surface area contributed by atoms with Crippen LogP contribution in [0.1, 0.15) is 28.8 Å². The third kappa shape index (κ3) is 5.23. The number of methoxy groups -OCH3 is 1. The zero-order valence-electron chi connectivity index (χ0n) is 18.9. The number of rotatable bonds is 7. The maximum absolute atomic E-state index is 13.7. The number of nitro groups is 1. The molecule has 1 saturated heterocycles. The Morgan fingerprint density at radius 1 is 1.06 bits per heavy atom. The van der Waals surface area contributed by atoms with Crippen LogP contribution < -0.4 is 9.64 Å². The summed E-state index contributed by atoms with van der Waals surface area (Å²) < 4.78 is 19.0. The molecule has 1 aliphatic heterocycles. The molecule has 3 aromatic carbocycles. The Balaban J connectivity index is 1.51. The topological polar surface area (TPSA) is 75.9 Å². The predicted octanol–water partition coefficient (Wildman–Crippen LogP) is 5.05. The second-order valence-electron chi connectivity index (χ2n) is 8.28. The first kappa shape index (κ1) is 23.4. The van der Waals surface area contributed by atoms with E-state index in [0.29, 0.717) is 23.5 Å². The first-order chi connectivity index (χ1) is 16.5. The summed E-state index contributed by atoms with van der Waals surface area (Å²) in [7, 11) is 1.53. The highest BCUT2D eigenvalue weighted by atomic mass is 19.1. The molecule has 0 bridgehead atoms. The van der Waals surface area contributed by atoms with Gasteiger partial charge in [-0.05, 0) is 54.8 Å². The number of likely N-dealkylation sites (tertiary alicyclic amines) is 1. The highest BCUT2D eigenvalue weighted by molar-refractivity contribution is 6.08. The second kappa shape index (κ2) is 10.4. The number of piperidine rings is 1. The molecule has 176 valence electrons. The van der Waals surface area contributed by atoms with Crippen LogP contribution in [-0.4, -0.2) is 42.0 Å². The fourth-order valence-corrected chi connectivity index (χ4v) is 4.36. The number of amides is 1. The molecule has 1 heterocycles. The SMILES string of the molecule is COc1ccccc1C(=O)N(c1ccc(F)cc1)C1CCN(Cc2ccc([N+](=O)[O-])cc2)CC1. The number of carbonyl (C=O) groups is 1. The first-order valence-electron chi connectivity index (χ1n) is 11.1. The lowest BCUT2D eigenvalue weighted by atomic mass is 10.00. The van der Waals surface area contributed by atoms with Crippen LogP contribution >= 0.6 is 0 Å². The summed E-state index contributed by atoms with van der Waals surface area (Å²) in [6.07, 6.45) is 1.48. The van der Waals surface area contributed by atoms with Crippen molar-refractivity contribution in [3.05, 3.63) is 99.9 Å². The van der Waals surface area contributed by atoms with Crippen LogP contribution in [0.15, 0.2) is 72.8 Å². The Labute approximate surface area is 197 Å². The van der Waals surface area contributed by atoms with E-state index in [2.05, 4.69) is 4.90 Å². The van der Waals surface area contributed by atoms with Crippen molar-refractivity contribution in [1.29, 1.82) is 0 Å². The molecule has 3 aromatic rings. The zero-order valence-corrected chi connectivity index (χ0v) is 18.9. The number of halogens is 1. The molecule has 1 fully saturated rings. The standard InChI is InChI=1S/C26H26FN3O4/c1-34-25-5-3-2-4-24(25)26(31)29(21-12-8-20(27)9-13-21)22-14-16-28(17-15-22)18-19-6-10-23(11-7-19)30(32)33/h2-13,22H,14-18H2,1H3. The monoisotopic (exact) mass is 463 g/mol. The summed E-state index contributed by atoms with van der Waals surface area (Å²) in [4.78, 5) is 28.1. The van der Waals surface area contributed by atoms with Gasteiger partial charge < -0.3 is 9.64 Å². The van der Waals surface area contributed by atoms with Gasteiger partial charge in [0.1, 0.15) is 11.6 Å². The van der Waals surface area contributed by atoms with E-state index in [4.69, 9.17) is 4.74 Å². The van der Waals surface area contributed by atoms with Gasteiger partial charge in [0, 0.05) is 43.5 Å². The number of benzene rings is 3. The van der Waals surface area contributed by atoms with E-state index in [1.165, 1.54) is 31.4 Å². The van der Waals surface area contributed by atoms with Gasteiger partial charge in [-0.15, -0.1) is 0 Å². The minimum Gasteiger partial charge on any atom is -0.496 e. The fourth-order valence-electron chi connectivity index (χ4n) is 4.36. The van der Waals surface area contributed by atoms with Crippen molar-refractivity contribution in [2.75, 3.05) is 25.1 Å². The van der Waals surface area contributed by atoms with Crippen LogP contribution in [0.5, 0.6) is 5.75 Å². The zero-order chi connectivity index (χ0) is 24.1. The number of carbonyl (C=O) groups excluding carboxylic acids is 1. The number of ether oxygens (including phenoxy) is 1. The summed E-state index contributed by atoms with van der Waals surface area (Å²) >= 11 is 0. The lowest BCUT2D eigenvalue weighted by Gasteiger charge is -2.39. The molecule has 0 unspecified atom stereocenters. The molecule has 0 aliphatic carbocycles. The van der Waals surface area contributed by atoms with E-state index in [1.54, 1.807) is 47.4 Å². The maximum atomic E-state index is 13.7. The van der Waals surface area contributed by atoms with Crippen molar-refractivity contribution in [1.82, 2.24) is 4.90 Å². The molecular weight excluding hydrogens is 437 g/mol. The van der Waals surface area contributed by atoms with Gasteiger partial charge in [0.05, 0.1) is 17.6 Å². The van der Waals surface area contributed by atoms with Crippen LogP contribution in [0.4, 0.5) is 15.8 Å². The summed E-state index contributed by atoms with van der Waals surface area (Å²) in [5.74, 6) is -0.0422. The highest BCUT2D eigenvalue weighted by Crippen LogP contribution is 2.29. The number of nitrogens with zero attached hydrogens (tertiary/aromatic N) is 3. The summed E-state index contributed by atoms with van der Waals surface area (Å²) in [5, 5.41) is 10.9. The molecule has 0 spiro atoms. The lowest BCUT2D eigenvalue weighted by Crippen LogP contribution is -2.47. The van der Waals surface area contributed by atoms with Crippen molar-refractivity contribution in [2.24, 2.45) is 0 Å². The van der Waals surface area contributed by atoms with E-state index in [0.717, 1.165) is 31.5 Å². The van der Waals surface area contributed by atoms with Crippen LogP contribution in [0, 0.1) is 15.9 Å². The largest absolute Gasteiger partial charge is 0.496 e.